The molecule has 0 rings (SSSR count). The zero-order chi connectivity index (χ0) is 8.85. The number of nitrogens with two attached hydrogens (primary N) is 1. The zero-order valence-corrected chi connectivity index (χ0v) is 9.53. The van der Waals surface area contributed by atoms with Gasteiger partial charge in [0.05, 0.1) is 12.5 Å². The molecule has 0 spiro atoms. The van der Waals surface area contributed by atoms with Crippen molar-refractivity contribution in [2.45, 2.75) is 31.9 Å². The molecule has 0 aromatic carbocycles. The Bertz CT molecular complexity index is 132. The maximum absolute atomic E-state index is 10.1. The van der Waals surface area contributed by atoms with Crippen molar-refractivity contribution in [2.24, 2.45) is 5.73 Å². The van der Waals surface area contributed by atoms with Crippen LogP contribution in [-0.4, -0.2) is 28.3 Å². The van der Waals surface area contributed by atoms with Gasteiger partial charge in [-0.05, 0) is 0 Å². The van der Waals surface area contributed by atoms with Crippen LogP contribution < -0.4 is 35.3 Å². The summed E-state index contributed by atoms with van der Waals surface area (Å²) in [5.74, 6) is -1.02. The van der Waals surface area contributed by atoms with E-state index in [0.29, 0.717) is 6.42 Å². The Labute approximate surface area is 94.4 Å². The van der Waals surface area contributed by atoms with Gasteiger partial charge in [0.15, 0.2) is 0 Å². The van der Waals surface area contributed by atoms with Crippen molar-refractivity contribution >= 4 is 5.97 Å². The SMILES string of the molecule is C[CH-]C[C@H](N)[C@@H](O)CC(=O)O.[Na+]. The first kappa shape index (κ1) is 14.9. The maximum atomic E-state index is 10.1. The molecular weight excluding hydrogens is 169 g/mol. The second-order valence-electron chi connectivity index (χ2n) is 2.47. The van der Waals surface area contributed by atoms with Crippen molar-refractivity contribution in [1.29, 1.82) is 0 Å². The molecule has 0 aromatic rings. The van der Waals surface area contributed by atoms with E-state index >= 15 is 0 Å². The summed E-state index contributed by atoms with van der Waals surface area (Å²) in [7, 11) is 0. The number of rotatable bonds is 5. The third-order valence-electron chi connectivity index (χ3n) is 1.39. The Morgan fingerprint density at radius 1 is 1.67 bits per heavy atom. The number of hydrogen-bond donors (Lipinski definition) is 3. The second-order valence-corrected chi connectivity index (χ2v) is 2.47. The smallest absolute Gasteiger partial charge is 0.481 e. The molecule has 4 nitrogen and oxygen atoms in total. The van der Waals surface area contributed by atoms with E-state index < -0.39 is 18.1 Å². The van der Waals surface area contributed by atoms with Crippen LogP contribution in [0.25, 0.3) is 0 Å². The molecule has 0 heterocycles. The summed E-state index contributed by atoms with van der Waals surface area (Å²) in [6, 6.07) is -0.462. The average Bonchev–Trinajstić information content (AvgIpc) is 1.86. The van der Waals surface area contributed by atoms with Gasteiger partial charge < -0.3 is 22.4 Å². The Hall–Kier alpha value is 0.390. The molecule has 5 heteroatoms. The third-order valence-corrected chi connectivity index (χ3v) is 1.39. The maximum Gasteiger partial charge on any atom is 1.00 e. The van der Waals surface area contributed by atoms with Gasteiger partial charge in [-0.15, -0.1) is 0 Å². The Morgan fingerprint density at radius 2 is 2.17 bits per heavy atom. The average molecular weight is 183 g/mol. The molecule has 0 aromatic heterocycles. The van der Waals surface area contributed by atoms with Gasteiger partial charge in [-0.2, -0.15) is 13.3 Å². The summed E-state index contributed by atoms with van der Waals surface area (Å²) in [6.45, 7) is 1.81. The molecule has 0 aliphatic heterocycles. The van der Waals surface area contributed by atoms with Crippen LogP contribution in [0.4, 0.5) is 0 Å². The summed E-state index contributed by atoms with van der Waals surface area (Å²) < 4.78 is 0. The fraction of sp³-hybridized carbons (Fsp3) is 0.714. The standard InChI is InChI=1S/C7H14NO3.Na/c1-2-3-5(8)6(9)4-7(10)11;/h2,5-6,9H,3-4,8H2,1H3,(H,10,11);/q-1;+1/t5-,6-;/m0./s1. The van der Waals surface area contributed by atoms with E-state index in [1.807, 2.05) is 6.92 Å². The first-order valence-electron chi connectivity index (χ1n) is 3.51. The van der Waals surface area contributed by atoms with Crippen molar-refractivity contribution in [1.82, 2.24) is 0 Å². The monoisotopic (exact) mass is 183 g/mol. The second kappa shape index (κ2) is 8.01. The van der Waals surface area contributed by atoms with Crippen molar-refractivity contribution in [2.75, 3.05) is 0 Å². The van der Waals surface area contributed by atoms with E-state index in [1.54, 1.807) is 6.42 Å². The molecular formula is C7H14NNaO3. The van der Waals surface area contributed by atoms with E-state index in [-0.39, 0.29) is 36.0 Å². The van der Waals surface area contributed by atoms with Crippen LogP contribution in [-0.2, 0) is 4.79 Å². The summed E-state index contributed by atoms with van der Waals surface area (Å²) in [4.78, 5) is 10.1. The van der Waals surface area contributed by atoms with E-state index in [4.69, 9.17) is 15.9 Å². The summed E-state index contributed by atoms with van der Waals surface area (Å²) in [6.07, 6.45) is 1.11. The number of hydrogen-bond acceptors (Lipinski definition) is 3. The molecule has 12 heavy (non-hydrogen) atoms. The van der Waals surface area contributed by atoms with E-state index in [2.05, 4.69) is 0 Å². The normalized spacial score (nSPS) is 14.6. The Morgan fingerprint density at radius 3 is 2.50 bits per heavy atom. The topological polar surface area (TPSA) is 83.5 Å². The number of aliphatic hydroxyl groups is 1. The molecule has 2 atom stereocenters. The van der Waals surface area contributed by atoms with Gasteiger partial charge in [-0.3, -0.25) is 4.79 Å². The molecule has 0 radical (unpaired) electrons. The van der Waals surface area contributed by atoms with Crippen LogP contribution in [0, 0.1) is 6.42 Å². The van der Waals surface area contributed by atoms with Gasteiger partial charge in [0, 0.05) is 6.04 Å². The van der Waals surface area contributed by atoms with E-state index in [9.17, 15) is 4.79 Å². The molecule has 0 amide bonds. The molecule has 0 fully saturated rings. The molecule has 66 valence electrons. The van der Waals surface area contributed by atoms with E-state index in [1.165, 1.54) is 0 Å². The van der Waals surface area contributed by atoms with Gasteiger partial charge in [0.1, 0.15) is 0 Å². The molecule has 0 aliphatic carbocycles. The first-order chi connectivity index (χ1) is 5.07. The zero-order valence-electron chi connectivity index (χ0n) is 7.53. The number of carboxylic acids is 1. The van der Waals surface area contributed by atoms with Crippen LogP contribution in [0.5, 0.6) is 0 Å². The summed E-state index contributed by atoms with van der Waals surface area (Å²) in [5.41, 5.74) is 5.43. The number of aliphatic carboxylic acids is 1. The first-order valence-corrected chi connectivity index (χ1v) is 3.51. The van der Waals surface area contributed by atoms with Crippen molar-refractivity contribution < 1.29 is 44.6 Å². The van der Waals surface area contributed by atoms with Crippen molar-refractivity contribution in [3.05, 3.63) is 6.42 Å². The van der Waals surface area contributed by atoms with Gasteiger partial charge in [-0.1, -0.05) is 0 Å². The minimum Gasteiger partial charge on any atom is -0.481 e. The van der Waals surface area contributed by atoms with Crippen LogP contribution in [0.3, 0.4) is 0 Å². The van der Waals surface area contributed by atoms with Gasteiger partial charge in [-0.25, -0.2) is 0 Å². The largest absolute Gasteiger partial charge is 1.00 e. The third kappa shape index (κ3) is 7.06. The Balaban J connectivity index is 0. The fourth-order valence-electron chi connectivity index (χ4n) is 0.760. The molecule has 0 unspecified atom stereocenters. The minimum atomic E-state index is -1.02. The minimum absolute atomic E-state index is 0. The van der Waals surface area contributed by atoms with Crippen molar-refractivity contribution in [3.8, 4) is 0 Å². The van der Waals surface area contributed by atoms with Crippen molar-refractivity contribution in [3.63, 3.8) is 0 Å². The fourth-order valence-corrected chi connectivity index (χ4v) is 0.760. The number of carboxylic acid groups (broad SMARTS) is 1. The van der Waals surface area contributed by atoms with Gasteiger partial charge >= 0.3 is 35.5 Å². The summed E-state index contributed by atoms with van der Waals surface area (Å²) in [5, 5.41) is 17.4. The van der Waals surface area contributed by atoms with Gasteiger partial charge in [0.25, 0.3) is 0 Å². The van der Waals surface area contributed by atoms with Crippen LogP contribution >= 0.6 is 0 Å². The Kier molecular flexibility index (Phi) is 9.94. The number of aliphatic hydroxyl groups excluding tert-OH is 1. The number of carbonyl (C=O) groups is 1. The molecule has 0 saturated heterocycles. The quantitative estimate of drug-likeness (QED) is 0.309. The van der Waals surface area contributed by atoms with Crippen LogP contribution in [0.1, 0.15) is 19.8 Å². The van der Waals surface area contributed by atoms with Crippen LogP contribution in [0.15, 0.2) is 0 Å². The molecule has 4 N–H and O–H groups in total. The predicted octanol–water partition coefficient (Wildman–Crippen LogP) is -3.23. The van der Waals surface area contributed by atoms with E-state index in [0.717, 1.165) is 0 Å². The van der Waals surface area contributed by atoms with Gasteiger partial charge in [0.2, 0.25) is 0 Å². The van der Waals surface area contributed by atoms with Crippen LogP contribution in [0.2, 0.25) is 0 Å². The molecule has 0 aliphatic rings. The predicted molar refractivity (Wildman–Crippen MR) is 40.8 cm³/mol. The molecule has 0 saturated carbocycles. The molecule has 0 bridgehead atoms. The summed E-state index contributed by atoms with van der Waals surface area (Å²) >= 11 is 0.